The van der Waals surface area contributed by atoms with Crippen LogP contribution in [0.2, 0.25) is 5.02 Å². The maximum atomic E-state index is 13.8. The van der Waals surface area contributed by atoms with E-state index < -0.39 is 11.8 Å². The lowest BCUT2D eigenvalue weighted by molar-refractivity contribution is -0.132. The van der Waals surface area contributed by atoms with Crippen molar-refractivity contribution in [1.29, 1.82) is 0 Å². The standard InChI is InChI=1S/C19H16ClFN4O2/c1-11(19(26)27-2)24-25-17-10-22-18(13-5-3-4-6-15(13)20)14-8-7-12(21)9-16(14)23-17/h3-9H,10H2,1-2H3,(H,23,25). The Bertz CT molecular complexity index is 985. The number of carbonyl (C=O) groups is 1. The van der Waals surface area contributed by atoms with Gasteiger partial charge in [-0.25, -0.2) is 14.2 Å². The number of nitrogens with one attached hydrogen (secondary N) is 1. The van der Waals surface area contributed by atoms with E-state index in [0.717, 1.165) is 5.56 Å². The first-order chi connectivity index (χ1) is 13.0. The van der Waals surface area contributed by atoms with Gasteiger partial charge in [0.15, 0.2) is 0 Å². The van der Waals surface area contributed by atoms with Crippen LogP contribution in [0.1, 0.15) is 18.1 Å². The van der Waals surface area contributed by atoms with Crippen LogP contribution >= 0.6 is 11.6 Å². The number of benzene rings is 2. The Hall–Kier alpha value is -3.06. The molecule has 1 aliphatic heterocycles. The molecule has 1 heterocycles. The molecule has 0 amide bonds. The number of rotatable bonds is 3. The maximum absolute atomic E-state index is 13.8. The fourth-order valence-electron chi connectivity index (χ4n) is 2.50. The van der Waals surface area contributed by atoms with Crippen LogP contribution in [0, 0.1) is 5.82 Å². The van der Waals surface area contributed by atoms with E-state index in [1.807, 2.05) is 18.2 Å². The van der Waals surface area contributed by atoms with Crippen molar-refractivity contribution in [3.05, 3.63) is 64.4 Å². The fraction of sp³-hybridized carbons (Fsp3) is 0.158. The summed E-state index contributed by atoms with van der Waals surface area (Å²) in [5.74, 6) is -0.637. The van der Waals surface area contributed by atoms with E-state index in [9.17, 15) is 9.18 Å². The zero-order valence-corrected chi connectivity index (χ0v) is 15.4. The first-order valence-electron chi connectivity index (χ1n) is 8.05. The van der Waals surface area contributed by atoms with E-state index in [-0.39, 0.29) is 12.3 Å². The number of hydrazone groups is 1. The van der Waals surface area contributed by atoms with Gasteiger partial charge in [-0.2, -0.15) is 5.10 Å². The van der Waals surface area contributed by atoms with Gasteiger partial charge in [-0.15, -0.1) is 0 Å². The molecule has 0 atom stereocenters. The van der Waals surface area contributed by atoms with E-state index in [2.05, 4.69) is 25.2 Å². The van der Waals surface area contributed by atoms with Crippen molar-refractivity contribution in [2.45, 2.75) is 6.92 Å². The molecule has 1 aliphatic rings. The zero-order chi connectivity index (χ0) is 19.4. The Labute approximate surface area is 160 Å². The van der Waals surface area contributed by atoms with Gasteiger partial charge in [0.1, 0.15) is 17.4 Å². The van der Waals surface area contributed by atoms with Gasteiger partial charge in [0.25, 0.3) is 0 Å². The average molecular weight is 387 g/mol. The van der Waals surface area contributed by atoms with Crippen LogP contribution in [0.4, 0.5) is 10.1 Å². The second-order valence-corrected chi connectivity index (χ2v) is 6.07. The largest absolute Gasteiger partial charge is 0.464 e. The van der Waals surface area contributed by atoms with Crippen LogP contribution in [0.3, 0.4) is 0 Å². The van der Waals surface area contributed by atoms with E-state index in [0.29, 0.717) is 27.8 Å². The molecule has 0 spiro atoms. The molecule has 1 N–H and O–H groups in total. The molecule has 2 aromatic rings. The molecule has 0 radical (unpaired) electrons. The van der Waals surface area contributed by atoms with Gasteiger partial charge in [0.2, 0.25) is 0 Å². The summed E-state index contributed by atoms with van der Waals surface area (Å²) in [5.41, 5.74) is 5.18. The Morgan fingerprint density at radius 3 is 2.78 bits per heavy atom. The Kier molecular flexibility index (Phi) is 5.61. The molecule has 6 nitrogen and oxygen atoms in total. The monoisotopic (exact) mass is 386 g/mol. The molecule has 138 valence electrons. The van der Waals surface area contributed by atoms with Crippen molar-refractivity contribution in [3.8, 4) is 0 Å². The first-order valence-corrected chi connectivity index (χ1v) is 8.43. The third kappa shape index (κ3) is 4.20. The van der Waals surface area contributed by atoms with Gasteiger partial charge >= 0.3 is 5.97 Å². The Morgan fingerprint density at radius 1 is 1.26 bits per heavy atom. The lowest BCUT2D eigenvalue weighted by atomic mass is 10.0. The number of nitrogens with zero attached hydrogens (tertiary/aromatic N) is 3. The summed E-state index contributed by atoms with van der Waals surface area (Å²) in [5, 5.41) is 4.47. The number of ether oxygens (including phenoxy) is 1. The van der Waals surface area contributed by atoms with Gasteiger partial charge in [-0.3, -0.25) is 10.4 Å². The van der Waals surface area contributed by atoms with Crippen LogP contribution in [0.5, 0.6) is 0 Å². The van der Waals surface area contributed by atoms with Gasteiger partial charge in [0, 0.05) is 22.2 Å². The number of aliphatic imine (C=N–C) groups is 2. The third-order valence-electron chi connectivity index (χ3n) is 3.82. The van der Waals surface area contributed by atoms with Crippen LogP contribution in [-0.2, 0) is 9.53 Å². The number of hydrogen-bond donors (Lipinski definition) is 1. The molecule has 8 heteroatoms. The lowest BCUT2D eigenvalue weighted by Crippen LogP contribution is -2.24. The second kappa shape index (κ2) is 8.09. The predicted molar refractivity (Wildman–Crippen MR) is 104 cm³/mol. The molecular formula is C19H16ClFN4O2. The highest BCUT2D eigenvalue weighted by atomic mass is 35.5. The van der Waals surface area contributed by atoms with Crippen LogP contribution in [0.15, 0.2) is 57.6 Å². The minimum absolute atomic E-state index is 0.124. The zero-order valence-electron chi connectivity index (χ0n) is 14.7. The smallest absolute Gasteiger partial charge is 0.353 e. The number of fused-ring (bicyclic) bond motifs is 1. The summed E-state index contributed by atoms with van der Waals surface area (Å²) in [6.45, 7) is 1.65. The van der Waals surface area contributed by atoms with E-state index in [4.69, 9.17) is 11.6 Å². The molecule has 0 saturated carbocycles. The molecule has 0 bridgehead atoms. The lowest BCUT2D eigenvalue weighted by Gasteiger charge is -2.09. The molecule has 0 aromatic heterocycles. The van der Waals surface area contributed by atoms with Gasteiger partial charge in [-0.1, -0.05) is 29.8 Å². The summed E-state index contributed by atoms with van der Waals surface area (Å²) in [6.07, 6.45) is 0. The number of hydrogen-bond acceptors (Lipinski definition) is 6. The molecule has 27 heavy (non-hydrogen) atoms. The van der Waals surface area contributed by atoms with E-state index in [1.54, 1.807) is 12.1 Å². The van der Waals surface area contributed by atoms with Crippen molar-refractivity contribution < 1.29 is 13.9 Å². The van der Waals surface area contributed by atoms with E-state index in [1.165, 1.54) is 26.2 Å². The van der Waals surface area contributed by atoms with Crippen molar-refractivity contribution in [2.75, 3.05) is 13.7 Å². The topological polar surface area (TPSA) is 75.4 Å². The average Bonchev–Trinajstić information content (AvgIpc) is 2.84. The minimum atomic E-state index is -0.566. The van der Waals surface area contributed by atoms with Gasteiger partial charge in [-0.05, 0) is 25.1 Å². The predicted octanol–water partition coefficient (Wildman–Crippen LogP) is 3.50. The van der Waals surface area contributed by atoms with E-state index >= 15 is 0 Å². The van der Waals surface area contributed by atoms with Gasteiger partial charge in [0.05, 0.1) is 25.1 Å². The molecule has 0 unspecified atom stereocenters. The summed E-state index contributed by atoms with van der Waals surface area (Å²) < 4.78 is 18.4. The molecule has 0 saturated heterocycles. The minimum Gasteiger partial charge on any atom is -0.464 e. The Balaban J connectivity index is 2.02. The summed E-state index contributed by atoms with van der Waals surface area (Å²) in [7, 11) is 1.27. The molecule has 3 rings (SSSR count). The molecule has 0 fully saturated rings. The summed E-state index contributed by atoms with van der Waals surface area (Å²) >= 11 is 6.32. The van der Waals surface area contributed by atoms with Crippen molar-refractivity contribution in [2.24, 2.45) is 15.1 Å². The highest BCUT2D eigenvalue weighted by molar-refractivity contribution is 6.36. The number of carbonyl (C=O) groups excluding carboxylic acids is 1. The number of esters is 1. The number of methoxy groups -OCH3 is 1. The van der Waals surface area contributed by atoms with Crippen molar-refractivity contribution >= 4 is 40.5 Å². The third-order valence-corrected chi connectivity index (χ3v) is 4.15. The fourth-order valence-corrected chi connectivity index (χ4v) is 2.73. The quantitative estimate of drug-likeness (QED) is 0.498. The molecular weight excluding hydrogens is 371 g/mol. The van der Waals surface area contributed by atoms with Crippen LogP contribution in [-0.4, -0.2) is 36.9 Å². The first kappa shape index (κ1) is 18.7. The number of amidine groups is 1. The normalized spacial score (nSPS) is 13.9. The Morgan fingerprint density at radius 2 is 2.04 bits per heavy atom. The van der Waals surface area contributed by atoms with Crippen LogP contribution in [0.25, 0.3) is 0 Å². The molecule has 2 aromatic carbocycles. The second-order valence-electron chi connectivity index (χ2n) is 5.67. The van der Waals surface area contributed by atoms with Crippen molar-refractivity contribution in [3.63, 3.8) is 0 Å². The highest BCUT2D eigenvalue weighted by Gasteiger charge is 2.18. The molecule has 0 aliphatic carbocycles. The van der Waals surface area contributed by atoms with Crippen molar-refractivity contribution in [1.82, 2.24) is 5.43 Å². The SMILES string of the molecule is COC(=O)C(C)=NNC1=Nc2cc(F)ccc2C(c2ccccc2Cl)=NC1. The summed E-state index contributed by atoms with van der Waals surface area (Å²) in [4.78, 5) is 20.4. The number of halogens is 2. The summed E-state index contributed by atoms with van der Waals surface area (Å²) in [6, 6.07) is 11.5. The highest BCUT2D eigenvalue weighted by Crippen LogP contribution is 2.28. The van der Waals surface area contributed by atoms with Crippen LogP contribution < -0.4 is 5.43 Å². The van der Waals surface area contributed by atoms with Gasteiger partial charge < -0.3 is 4.74 Å². The maximum Gasteiger partial charge on any atom is 0.353 e.